The fourth-order valence-corrected chi connectivity index (χ4v) is 1.56. The first kappa shape index (κ1) is 16.3. The van der Waals surface area contributed by atoms with Gasteiger partial charge in [-0.05, 0) is 26.8 Å². The van der Waals surface area contributed by atoms with Crippen molar-refractivity contribution in [2.45, 2.75) is 35.4 Å². The van der Waals surface area contributed by atoms with E-state index in [2.05, 4.69) is 47.8 Å². The van der Waals surface area contributed by atoms with Crippen LogP contribution in [0.3, 0.4) is 0 Å². The maximum Gasteiger partial charge on any atom is 0.314 e. The van der Waals surface area contributed by atoms with Crippen LogP contribution in [0.5, 0.6) is 0 Å². The van der Waals surface area contributed by atoms with Gasteiger partial charge in [0.25, 0.3) is 0 Å². The molecule has 0 heterocycles. The van der Waals surface area contributed by atoms with E-state index in [1.54, 1.807) is 6.08 Å². The van der Waals surface area contributed by atoms with Crippen LogP contribution >= 0.6 is 47.8 Å². The Balaban J connectivity index is 4.63. The summed E-state index contributed by atoms with van der Waals surface area (Å²) in [5.74, 6) is -0.761. The van der Waals surface area contributed by atoms with Crippen molar-refractivity contribution in [3.63, 3.8) is 0 Å². The van der Waals surface area contributed by atoms with Crippen molar-refractivity contribution < 1.29 is 14.3 Å². The second-order valence-electron chi connectivity index (χ2n) is 3.57. The van der Waals surface area contributed by atoms with Crippen LogP contribution in [0.2, 0.25) is 0 Å². The Kier molecular flexibility index (Phi) is 7.05. The number of Topliss-reactive ketones (excluding diaryl/α,β-unsaturated/α-hetero) is 1. The first-order chi connectivity index (χ1) is 7.12. The van der Waals surface area contributed by atoms with Gasteiger partial charge in [-0.3, -0.25) is 9.59 Å². The maximum atomic E-state index is 11.4. The molecule has 0 aromatic carbocycles. The molecule has 0 aromatic heterocycles. The highest BCUT2D eigenvalue weighted by atomic mass is 80.0. The van der Waals surface area contributed by atoms with Gasteiger partial charge in [0.2, 0.25) is 0 Å². The van der Waals surface area contributed by atoms with Gasteiger partial charge in [0.15, 0.2) is 8.25 Å². The maximum absolute atomic E-state index is 11.4. The van der Waals surface area contributed by atoms with Gasteiger partial charge < -0.3 is 4.74 Å². The molecule has 0 aliphatic heterocycles. The van der Waals surface area contributed by atoms with E-state index >= 15 is 0 Å². The molecule has 3 nitrogen and oxygen atoms in total. The normalized spacial score (nSPS) is 12.9. The van der Waals surface area contributed by atoms with Crippen molar-refractivity contribution in [2.24, 2.45) is 0 Å². The molecule has 0 saturated carbocycles. The van der Waals surface area contributed by atoms with Gasteiger partial charge in [-0.2, -0.15) is 0 Å². The van der Waals surface area contributed by atoms with E-state index in [0.29, 0.717) is 0 Å². The molecule has 0 amide bonds. The van der Waals surface area contributed by atoms with E-state index < -0.39 is 14.2 Å². The molecule has 0 rings (SSSR count). The number of hydrogen-bond donors (Lipinski definition) is 0. The Hall–Kier alpha value is 0.320. The third kappa shape index (κ3) is 7.57. The SMILES string of the molecule is CC(=O)CC(=O)OC(C=C(C)C)C(Br)(Br)Br. The predicted molar refractivity (Wildman–Crippen MR) is 74.1 cm³/mol. The molecule has 0 aromatic rings. The Bertz CT molecular complexity index is 301. The Labute approximate surface area is 120 Å². The fourth-order valence-electron chi connectivity index (χ4n) is 0.885. The number of carbonyl (C=O) groups excluding carboxylic acids is 2. The van der Waals surface area contributed by atoms with Crippen LogP contribution in [-0.2, 0) is 14.3 Å². The van der Waals surface area contributed by atoms with Crippen LogP contribution in [0.25, 0.3) is 0 Å². The van der Waals surface area contributed by atoms with Crippen LogP contribution < -0.4 is 0 Å². The van der Waals surface area contributed by atoms with E-state index in [9.17, 15) is 9.59 Å². The number of hydrogen-bond acceptors (Lipinski definition) is 3. The summed E-state index contributed by atoms with van der Waals surface area (Å²) < 4.78 is 4.43. The smallest absolute Gasteiger partial charge is 0.314 e. The molecule has 0 saturated heterocycles. The molecule has 0 radical (unpaired) electrons. The first-order valence-electron chi connectivity index (χ1n) is 4.53. The highest BCUT2D eigenvalue weighted by Gasteiger charge is 2.32. The average Bonchev–Trinajstić information content (AvgIpc) is 1.98. The fraction of sp³-hybridized carbons (Fsp3) is 0.600. The molecule has 0 bridgehead atoms. The van der Waals surface area contributed by atoms with Crippen LogP contribution in [0.4, 0.5) is 0 Å². The van der Waals surface area contributed by atoms with Gasteiger partial charge in [-0.15, -0.1) is 0 Å². The molecule has 0 aliphatic carbocycles. The molecule has 0 N–H and O–H groups in total. The molecule has 0 spiro atoms. The monoisotopic (exact) mass is 418 g/mol. The number of rotatable bonds is 4. The lowest BCUT2D eigenvalue weighted by Crippen LogP contribution is -2.29. The lowest BCUT2D eigenvalue weighted by atomic mass is 10.2. The number of carbonyl (C=O) groups is 2. The summed E-state index contributed by atoms with van der Waals surface area (Å²) in [6, 6.07) is 0. The summed E-state index contributed by atoms with van der Waals surface area (Å²) in [6.07, 6.45) is 1.02. The molecule has 1 atom stereocenters. The number of allylic oxidation sites excluding steroid dienone is 1. The lowest BCUT2D eigenvalue weighted by Gasteiger charge is -2.23. The third-order valence-electron chi connectivity index (χ3n) is 1.46. The zero-order chi connectivity index (χ0) is 12.9. The van der Waals surface area contributed by atoms with Gasteiger partial charge in [-0.1, -0.05) is 53.4 Å². The van der Waals surface area contributed by atoms with E-state index in [4.69, 9.17) is 4.74 Å². The zero-order valence-electron chi connectivity index (χ0n) is 9.22. The summed E-state index contributed by atoms with van der Waals surface area (Å²) in [5.41, 5.74) is 1.00. The largest absolute Gasteiger partial charge is 0.454 e. The minimum absolute atomic E-state index is 0.212. The molecule has 0 aliphatic rings. The summed E-state index contributed by atoms with van der Waals surface area (Å²) in [6.45, 7) is 5.13. The summed E-state index contributed by atoms with van der Waals surface area (Å²) in [5, 5.41) is 0. The van der Waals surface area contributed by atoms with Crippen LogP contribution in [0.1, 0.15) is 27.2 Å². The van der Waals surface area contributed by atoms with Crippen molar-refractivity contribution >= 4 is 59.5 Å². The predicted octanol–water partition coefficient (Wildman–Crippen LogP) is 3.68. The van der Waals surface area contributed by atoms with Gasteiger partial charge in [0.1, 0.15) is 12.2 Å². The molecular weight excluding hydrogens is 408 g/mol. The quantitative estimate of drug-likeness (QED) is 0.301. The van der Waals surface area contributed by atoms with Crippen molar-refractivity contribution in [1.82, 2.24) is 0 Å². The van der Waals surface area contributed by atoms with E-state index in [1.165, 1.54) is 6.92 Å². The second kappa shape index (κ2) is 6.91. The van der Waals surface area contributed by atoms with E-state index in [-0.39, 0.29) is 12.2 Å². The number of halogens is 3. The minimum atomic E-state index is -0.725. The first-order valence-corrected chi connectivity index (χ1v) is 6.91. The number of ether oxygens (including phenoxy) is 1. The van der Waals surface area contributed by atoms with Crippen molar-refractivity contribution in [2.75, 3.05) is 0 Å². The highest BCUT2D eigenvalue weighted by Crippen LogP contribution is 2.39. The number of esters is 1. The summed E-state index contributed by atoms with van der Waals surface area (Å²) >= 11 is 9.88. The molecular formula is C10H13Br3O3. The minimum Gasteiger partial charge on any atom is -0.454 e. The molecule has 1 unspecified atom stereocenters. The van der Waals surface area contributed by atoms with Gasteiger partial charge in [0, 0.05) is 0 Å². The molecule has 92 valence electrons. The Morgan fingerprint density at radius 3 is 2.06 bits per heavy atom. The van der Waals surface area contributed by atoms with Gasteiger partial charge in [0.05, 0.1) is 0 Å². The summed E-state index contributed by atoms with van der Waals surface area (Å²) in [7, 11) is 0. The topological polar surface area (TPSA) is 43.4 Å². The van der Waals surface area contributed by atoms with E-state index in [0.717, 1.165) is 5.57 Å². The highest BCUT2D eigenvalue weighted by molar-refractivity contribution is 9.39. The van der Waals surface area contributed by atoms with Crippen molar-refractivity contribution in [1.29, 1.82) is 0 Å². The van der Waals surface area contributed by atoms with Crippen molar-refractivity contribution in [3.8, 4) is 0 Å². The standard InChI is InChI=1S/C10H13Br3O3/c1-6(2)4-8(10(11,12)13)16-9(15)5-7(3)14/h4,8H,5H2,1-3H3. The summed E-state index contributed by atoms with van der Waals surface area (Å²) in [4.78, 5) is 22.1. The van der Waals surface area contributed by atoms with Crippen LogP contribution in [0.15, 0.2) is 11.6 Å². The number of alkyl halides is 3. The third-order valence-corrected chi connectivity index (χ3v) is 2.81. The Morgan fingerprint density at radius 2 is 1.75 bits per heavy atom. The molecule has 16 heavy (non-hydrogen) atoms. The average molecular weight is 421 g/mol. The lowest BCUT2D eigenvalue weighted by molar-refractivity contribution is -0.148. The van der Waals surface area contributed by atoms with Crippen molar-refractivity contribution in [3.05, 3.63) is 11.6 Å². The Morgan fingerprint density at radius 1 is 1.25 bits per heavy atom. The van der Waals surface area contributed by atoms with E-state index in [1.807, 2.05) is 13.8 Å². The van der Waals surface area contributed by atoms with Gasteiger partial charge >= 0.3 is 5.97 Å². The number of ketones is 1. The van der Waals surface area contributed by atoms with Crippen LogP contribution in [0, 0.1) is 0 Å². The second-order valence-corrected chi connectivity index (χ2v) is 10.5. The molecule has 0 fully saturated rings. The molecule has 6 heteroatoms. The van der Waals surface area contributed by atoms with Gasteiger partial charge in [-0.25, -0.2) is 0 Å². The van der Waals surface area contributed by atoms with Crippen LogP contribution in [-0.4, -0.2) is 20.0 Å². The zero-order valence-corrected chi connectivity index (χ0v) is 14.0.